The van der Waals surface area contributed by atoms with E-state index in [2.05, 4.69) is 14.1 Å². The van der Waals surface area contributed by atoms with Crippen LogP contribution in [0.1, 0.15) is 44.1 Å². The molecule has 3 rings (SSSR count). The van der Waals surface area contributed by atoms with E-state index in [-0.39, 0.29) is 24.4 Å². The molecular formula is C20H30NO3+. The smallest absolute Gasteiger partial charge is 0.309 e. The normalized spacial score (nSPS) is 26.2. The van der Waals surface area contributed by atoms with E-state index in [0.29, 0.717) is 0 Å². The summed E-state index contributed by atoms with van der Waals surface area (Å²) in [4.78, 5) is 12.6. The Morgan fingerprint density at radius 2 is 1.88 bits per heavy atom. The summed E-state index contributed by atoms with van der Waals surface area (Å²) in [5.41, 5.74) is -0.256. The molecule has 2 fully saturated rings. The molecule has 0 aromatic heterocycles. The number of likely N-dealkylation sites (N-methyl/N-ethyl adjacent to an activating group) is 1. The zero-order valence-electron chi connectivity index (χ0n) is 14.9. The summed E-state index contributed by atoms with van der Waals surface area (Å²) in [7, 11) is 4.32. The molecule has 4 heteroatoms. The van der Waals surface area contributed by atoms with Crippen LogP contribution in [0.5, 0.6) is 0 Å². The molecule has 2 unspecified atom stereocenters. The van der Waals surface area contributed by atoms with E-state index in [0.717, 1.165) is 55.2 Å². The van der Waals surface area contributed by atoms with Gasteiger partial charge in [0.15, 0.2) is 6.10 Å². The average molecular weight is 332 g/mol. The zero-order valence-corrected chi connectivity index (χ0v) is 14.9. The highest BCUT2D eigenvalue weighted by Crippen LogP contribution is 2.43. The molecule has 1 heterocycles. The van der Waals surface area contributed by atoms with Crippen molar-refractivity contribution in [2.45, 2.75) is 50.2 Å². The van der Waals surface area contributed by atoms with Gasteiger partial charge < -0.3 is 14.3 Å². The molecule has 1 aliphatic carbocycles. The second-order valence-corrected chi connectivity index (χ2v) is 8.19. The van der Waals surface area contributed by atoms with Gasteiger partial charge in [-0.2, -0.15) is 0 Å². The van der Waals surface area contributed by atoms with Gasteiger partial charge in [0.1, 0.15) is 12.1 Å². The minimum absolute atomic E-state index is 0.0175. The van der Waals surface area contributed by atoms with Crippen LogP contribution in [0.2, 0.25) is 0 Å². The van der Waals surface area contributed by atoms with Gasteiger partial charge in [-0.1, -0.05) is 43.2 Å². The number of aliphatic hydroxyl groups is 1. The topological polar surface area (TPSA) is 46.5 Å². The zero-order chi connectivity index (χ0) is 17.2. The van der Waals surface area contributed by atoms with Crippen LogP contribution in [0.4, 0.5) is 0 Å². The minimum Gasteiger partial charge on any atom is -0.456 e. The van der Waals surface area contributed by atoms with E-state index >= 15 is 0 Å². The Morgan fingerprint density at radius 3 is 2.46 bits per heavy atom. The van der Waals surface area contributed by atoms with Gasteiger partial charge in [-0.15, -0.1) is 0 Å². The van der Waals surface area contributed by atoms with Crippen molar-refractivity contribution in [2.75, 3.05) is 27.2 Å². The van der Waals surface area contributed by atoms with E-state index in [1.165, 1.54) is 0 Å². The van der Waals surface area contributed by atoms with Gasteiger partial charge >= 0.3 is 5.97 Å². The summed E-state index contributed by atoms with van der Waals surface area (Å²) >= 11 is 0. The molecule has 1 aromatic rings. The molecule has 132 valence electrons. The highest BCUT2D eigenvalue weighted by atomic mass is 16.5. The number of rotatable bonds is 5. The third-order valence-corrected chi connectivity index (χ3v) is 5.77. The van der Waals surface area contributed by atoms with Crippen molar-refractivity contribution in [2.24, 2.45) is 5.92 Å². The van der Waals surface area contributed by atoms with Crippen molar-refractivity contribution in [1.29, 1.82) is 0 Å². The lowest BCUT2D eigenvalue weighted by molar-refractivity contribution is -0.879. The molecule has 1 aliphatic heterocycles. The molecular weight excluding hydrogens is 302 g/mol. The number of benzene rings is 1. The predicted molar refractivity (Wildman–Crippen MR) is 93.3 cm³/mol. The summed E-state index contributed by atoms with van der Waals surface area (Å²) < 4.78 is 6.60. The molecule has 0 amide bonds. The summed E-state index contributed by atoms with van der Waals surface area (Å²) in [6.07, 6.45) is 5.16. The largest absolute Gasteiger partial charge is 0.456 e. The molecule has 0 spiro atoms. The van der Waals surface area contributed by atoms with E-state index in [1.54, 1.807) is 0 Å². The maximum absolute atomic E-state index is 12.6. The van der Waals surface area contributed by atoms with Crippen LogP contribution in [-0.4, -0.2) is 48.8 Å². The fourth-order valence-electron chi connectivity index (χ4n) is 4.38. The number of quaternary nitrogens is 1. The fourth-order valence-corrected chi connectivity index (χ4v) is 4.38. The SMILES string of the molecule is C[N+]1(C)CCC(OC(=O)CC(O)(c2ccccc2)C2CCCC2)C1. The van der Waals surface area contributed by atoms with Crippen molar-refractivity contribution in [1.82, 2.24) is 0 Å². The van der Waals surface area contributed by atoms with Crippen LogP contribution >= 0.6 is 0 Å². The van der Waals surface area contributed by atoms with E-state index in [4.69, 9.17) is 4.74 Å². The Bertz CT molecular complexity index is 566. The van der Waals surface area contributed by atoms with Crippen molar-refractivity contribution in [3.05, 3.63) is 35.9 Å². The second-order valence-electron chi connectivity index (χ2n) is 8.19. The number of carbonyl (C=O) groups is 1. The van der Waals surface area contributed by atoms with Crippen LogP contribution in [0.3, 0.4) is 0 Å². The Balaban J connectivity index is 1.71. The van der Waals surface area contributed by atoms with Gasteiger partial charge in [0.05, 0.1) is 27.1 Å². The van der Waals surface area contributed by atoms with Crippen LogP contribution < -0.4 is 0 Å². The van der Waals surface area contributed by atoms with Gasteiger partial charge in [-0.25, -0.2) is 0 Å². The summed E-state index contributed by atoms with van der Waals surface area (Å²) in [6.45, 7) is 1.89. The molecule has 24 heavy (non-hydrogen) atoms. The molecule has 1 saturated heterocycles. The number of nitrogens with zero attached hydrogens (tertiary/aromatic N) is 1. The number of likely N-dealkylation sites (tertiary alicyclic amines) is 1. The van der Waals surface area contributed by atoms with Gasteiger partial charge in [0, 0.05) is 6.42 Å². The lowest BCUT2D eigenvalue weighted by atomic mass is 9.78. The van der Waals surface area contributed by atoms with Gasteiger partial charge in [0.2, 0.25) is 0 Å². The van der Waals surface area contributed by atoms with E-state index < -0.39 is 5.60 Å². The molecule has 0 radical (unpaired) electrons. The van der Waals surface area contributed by atoms with Gasteiger partial charge in [-0.05, 0) is 24.3 Å². The molecule has 4 nitrogen and oxygen atoms in total. The quantitative estimate of drug-likeness (QED) is 0.666. The van der Waals surface area contributed by atoms with Crippen LogP contribution in [0.25, 0.3) is 0 Å². The first kappa shape index (κ1) is 17.4. The third kappa shape index (κ3) is 3.81. The highest BCUT2D eigenvalue weighted by molar-refractivity contribution is 5.71. The van der Waals surface area contributed by atoms with E-state index in [9.17, 15) is 9.90 Å². The minimum atomic E-state index is -1.10. The van der Waals surface area contributed by atoms with Crippen molar-refractivity contribution >= 4 is 5.97 Å². The highest BCUT2D eigenvalue weighted by Gasteiger charge is 2.43. The number of hydrogen-bond donors (Lipinski definition) is 1. The maximum Gasteiger partial charge on any atom is 0.309 e. The summed E-state index contributed by atoms with van der Waals surface area (Å²) in [5, 5.41) is 11.4. The Labute approximate surface area is 145 Å². The summed E-state index contributed by atoms with van der Waals surface area (Å²) in [5.74, 6) is -0.122. The fraction of sp³-hybridized carbons (Fsp3) is 0.650. The van der Waals surface area contributed by atoms with Gasteiger partial charge in [-0.3, -0.25) is 4.79 Å². The standard InChI is InChI=1S/C20H30NO3/c1-21(2)13-12-18(15-21)24-19(22)14-20(23,17-10-6-7-11-17)16-8-4-3-5-9-16/h3-5,8-9,17-18,23H,6-7,10-15H2,1-2H3/q+1. The van der Waals surface area contributed by atoms with Crippen molar-refractivity contribution in [3.63, 3.8) is 0 Å². The first-order valence-corrected chi connectivity index (χ1v) is 9.18. The Kier molecular flexibility index (Phi) is 4.97. The first-order valence-electron chi connectivity index (χ1n) is 9.18. The van der Waals surface area contributed by atoms with Crippen molar-refractivity contribution in [3.8, 4) is 0 Å². The van der Waals surface area contributed by atoms with Crippen LogP contribution in [-0.2, 0) is 15.1 Å². The molecule has 2 aliphatic rings. The number of hydrogen-bond acceptors (Lipinski definition) is 3. The maximum atomic E-state index is 12.6. The third-order valence-electron chi connectivity index (χ3n) is 5.77. The lowest BCUT2D eigenvalue weighted by Crippen LogP contribution is -2.39. The number of esters is 1. The van der Waals surface area contributed by atoms with Crippen molar-refractivity contribution < 1.29 is 19.1 Å². The lowest BCUT2D eigenvalue weighted by Gasteiger charge is -2.34. The average Bonchev–Trinajstić information content (AvgIpc) is 3.18. The van der Waals surface area contributed by atoms with Crippen LogP contribution in [0.15, 0.2) is 30.3 Å². The predicted octanol–water partition coefficient (Wildman–Crippen LogP) is 2.85. The number of ether oxygens (including phenoxy) is 1. The molecule has 1 saturated carbocycles. The molecule has 0 bridgehead atoms. The van der Waals surface area contributed by atoms with Gasteiger partial charge in [0.25, 0.3) is 0 Å². The Hall–Kier alpha value is -1.39. The van der Waals surface area contributed by atoms with Crippen LogP contribution in [0, 0.1) is 5.92 Å². The monoisotopic (exact) mass is 332 g/mol. The molecule has 1 N–H and O–H groups in total. The molecule has 1 aromatic carbocycles. The second kappa shape index (κ2) is 6.85. The number of carbonyl (C=O) groups excluding carboxylic acids is 1. The summed E-state index contributed by atoms with van der Waals surface area (Å²) in [6, 6.07) is 9.66. The Morgan fingerprint density at radius 1 is 1.21 bits per heavy atom. The van der Waals surface area contributed by atoms with E-state index in [1.807, 2.05) is 30.3 Å². The molecule has 2 atom stereocenters. The first-order chi connectivity index (χ1) is 11.4.